The number of hydrogen-bond donors (Lipinski definition) is 0. The summed E-state index contributed by atoms with van der Waals surface area (Å²) in [4.78, 5) is 20.5. The van der Waals surface area contributed by atoms with Gasteiger partial charge in [-0.3, -0.25) is 0 Å². The van der Waals surface area contributed by atoms with E-state index in [1.807, 2.05) is 0 Å². The Morgan fingerprint density at radius 1 is 0.786 bits per heavy atom. The molecular weight excluding hydrogens is 424 g/mol. The fourth-order valence-corrected chi connectivity index (χ4v) is 1.32. The highest BCUT2D eigenvalue weighted by Crippen LogP contribution is 2.25. The number of rotatable bonds is 8. The first kappa shape index (κ1) is 23.9. The molecule has 28 heavy (non-hydrogen) atoms. The second kappa shape index (κ2) is 9.90. The lowest BCUT2D eigenvalue weighted by atomic mass is 10.4. The molecule has 2 atom stereocenters. The van der Waals surface area contributed by atoms with Gasteiger partial charge in [0.1, 0.15) is 13.2 Å². The van der Waals surface area contributed by atoms with Crippen molar-refractivity contribution in [2.75, 3.05) is 26.4 Å². The van der Waals surface area contributed by atoms with Gasteiger partial charge < -0.3 is 28.4 Å². The lowest BCUT2D eigenvalue weighted by Crippen LogP contribution is -2.35. The van der Waals surface area contributed by atoms with Gasteiger partial charge in [-0.1, -0.05) is 0 Å². The van der Waals surface area contributed by atoms with E-state index in [2.05, 4.69) is 28.4 Å². The van der Waals surface area contributed by atoms with E-state index in [-0.39, 0.29) is 13.2 Å². The van der Waals surface area contributed by atoms with Crippen LogP contribution in [0.25, 0.3) is 0 Å². The molecule has 0 aliphatic carbocycles. The average molecular weight is 436 g/mol. The van der Waals surface area contributed by atoms with Crippen molar-refractivity contribution in [3.05, 3.63) is 0 Å². The third kappa shape index (κ3) is 7.87. The molecule has 2 unspecified atom stereocenters. The van der Waals surface area contributed by atoms with Crippen LogP contribution in [0.4, 0.5) is 44.7 Å². The molecule has 0 spiro atoms. The summed E-state index contributed by atoms with van der Waals surface area (Å²) in [5, 5.41) is 0. The zero-order valence-corrected chi connectivity index (χ0v) is 13.4. The summed E-state index contributed by atoms with van der Waals surface area (Å²) in [7, 11) is 0. The molecule has 2 fully saturated rings. The van der Waals surface area contributed by atoms with Crippen LogP contribution in [-0.2, 0) is 28.4 Å². The summed E-state index contributed by atoms with van der Waals surface area (Å²) >= 11 is 0. The van der Waals surface area contributed by atoms with Gasteiger partial charge in [-0.2, -0.15) is 17.6 Å². The Bertz CT molecular complexity index is 486. The highest BCUT2D eigenvalue weighted by atomic mass is 19.3. The standard InChI is InChI=1S/2C6H6F4O4/c2*7-4(8)6(9,10)2-13-3-1-12-5(11)14-3/h2*3-4H,1-2H2. The van der Waals surface area contributed by atoms with Crippen LogP contribution in [0, 0.1) is 0 Å². The second-order valence-corrected chi connectivity index (χ2v) is 4.96. The molecule has 2 rings (SSSR count). The fraction of sp³-hybridized carbons (Fsp3) is 0.833. The molecule has 2 heterocycles. The number of halogens is 8. The topological polar surface area (TPSA) is 89.5 Å². The summed E-state index contributed by atoms with van der Waals surface area (Å²) in [5.74, 6) is -8.51. The molecule has 0 aromatic rings. The Balaban J connectivity index is 0.000000280. The van der Waals surface area contributed by atoms with E-state index < -0.39 is 62.8 Å². The maximum Gasteiger partial charge on any atom is 0.510 e. The van der Waals surface area contributed by atoms with Crippen molar-refractivity contribution in [1.82, 2.24) is 0 Å². The monoisotopic (exact) mass is 436 g/mol. The van der Waals surface area contributed by atoms with E-state index in [1.165, 1.54) is 0 Å². The first-order chi connectivity index (χ1) is 12.8. The zero-order valence-electron chi connectivity index (χ0n) is 13.4. The first-order valence-corrected chi connectivity index (χ1v) is 7.05. The van der Waals surface area contributed by atoms with Crippen LogP contribution in [-0.4, -0.2) is 76.0 Å². The van der Waals surface area contributed by atoms with Gasteiger partial charge in [0.15, 0.2) is 13.2 Å². The van der Waals surface area contributed by atoms with E-state index in [1.54, 1.807) is 0 Å². The minimum absolute atomic E-state index is 0.377. The molecule has 0 aromatic heterocycles. The van der Waals surface area contributed by atoms with E-state index in [4.69, 9.17) is 0 Å². The number of carbonyl (C=O) groups excluding carboxylic acids is 2. The summed E-state index contributed by atoms with van der Waals surface area (Å²) in [6.07, 6.45) is -12.5. The first-order valence-electron chi connectivity index (χ1n) is 7.05. The molecular formula is C12H12F8O8. The van der Waals surface area contributed by atoms with E-state index >= 15 is 0 Å². The van der Waals surface area contributed by atoms with Gasteiger partial charge in [0.25, 0.3) is 0 Å². The minimum atomic E-state index is -4.25. The molecule has 0 amide bonds. The van der Waals surface area contributed by atoms with E-state index in [0.717, 1.165) is 0 Å². The maximum atomic E-state index is 12.2. The molecule has 2 saturated heterocycles. The van der Waals surface area contributed by atoms with Crippen LogP contribution in [0.1, 0.15) is 0 Å². The zero-order chi connectivity index (χ0) is 21.5. The Kier molecular flexibility index (Phi) is 8.47. The van der Waals surface area contributed by atoms with Crippen molar-refractivity contribution < 1.29 is 73.1 Å². The van der Waals surface area contributed by atoms with Crippen LogP contribution >= 0.6 is 0 Å². The molecule has 0 bridgehead atoms. The smallest absolute Gasteiger partial charge is 0.428 e. The van der Waals surface area contributed by atoms with E-state index in [0.29, 0.717) is 0 Å². The van der Waals surface area contributed by atoms with Crippen LogP contribution in [0.5, 0.6) is 0 Å². The fourth-order valence-electron chi connectivity index (χ4n) is 1.32. The minimum Gasteiger partial charge on any atom is -0.428 e. The van der Waals surface area contributed by atoms with Gasteiger partial charge >= 0.3 is 37.0 Å². The molecule has 0 N–H and O–H groups in total. The van der Waals surface area contributed by atoms with Crippen molar-refractivity contribution >= 4 is 12.3 Å². The largest absolute Gasteiger partial charge is 0.510 e. The van der Waals surface area contributed by atoms with Crippen LogP contribution in [0.2, 0.25) is 0 Å². The van der Waals surface area contributed by atoms with Gasteiger partial charge in [-0.15, -0.1) is 0 Å². The highest BCUT2D eigenvalue weighted by Gasteiger charge is 2.43. The van der Waals surface area contributed by atoms with Crippen LogP contribution in [0.3, 0.4) is 0 Å². The molecule has 8 nitrogen and oxygen atoms in total. The molecule has 0 aromatic carbocycles. The Morgan fingerprint density at radius 3 is 1.32 bits per heavy atom. The predicted molar refractivity (Wildman–Crippen MR) is 66.2 cm³/mol. The third-order valence-corrected chi connectivity index (χ3v) is 2.69. The van der Waals surface area contributed by atoms with Gasteiger partial charge in [0, 0.05) is 0 Å². The van der Waals surface area contributed by atoms with E-state index in [9.17, 15) is 44.7 Å². The van der Waals surface area contributed by atoms with Crippen LogP contribution < -0.4 is 0 Å². The molecule has 164 valence electrons. The van der Waals surface area contributed by atoms with Crippen molar-refractivity contribution in [2.24, 2.45) is 0 Å². The highest BCUT2D eigenvalue weighted by molar-refractivity contribution is 5.61. The maximum absolute atomic E-state index is 12.2. The van der Waals surface area contributed by atoms with Crippen molar-refractivity contribution in [3.63, 3.8) is 0 Å². The molecule has 2 aliphatic rings. The Morgan fingerprint density at radius 2 is 1.11 bits per heavy atom. The number of alkyl halides is 8. The average Bonchev–Trinajstić information content (AvgIpc) is 3.20. The van der Waals surface area contributed by atoms with Crippen molar-refractivity contribution in [3.8, 4) is 0 Å². The lowest BCUT2D eigenvalue weighted by molar-refractivity contribution is -0.199. The summed E-state index contributed by atoms with van der Waals surface area (Å²) in [6.45, 7) is -3.80. The van der Waals surface area contributed by atoms with Gasteiger partial charge in [0.2, 0.25) is 12.6 Å². The third-order valence-electron chi connectivity index (χ3n) is 2.69. The quantitative estimate of drug-likeness (QED) is 0.424. The molecule has 0 saturated carbocycles. The number of cyclic esters (lactones) is 4. The summed E-state index contributed by atoms with van der Waals surface area (Å²) in [5.41, 5.74) is 0. The van der Waals surface area contributed by atoms with Crippen molar-refractivity contribution in [1.29, 1.82) is 0 Å². The summed E-state index contributed by atoms with van der Waals surface area (Å²) < 4.78 is 120. The van der Waals surface area contributed by atoms with Crippen LogP contribution in [0.15, 0.2) is 0 Å². The van der Waals surface area contributed by atoms with Gasteiger partial charge in [-0.25, -0.2) is 27.2 Å². The SMILES string of the molecule is O=C1OCC(OCC(F)(F)C(F)F)O1.O=C1OCC(OCC(F)(F)C(F)F)O1. The second-order valence-electron chi connectivity index (χ2n) is 4.96. The molecule has 0 radical (unpaired) electrons. The number of hydrogen-bond acceptors (Lipinski definition) is 8. The van der Waals surface area contributed by atoms with Crippen molar-refractivity contribution in [2.45, 2.75) is 37.3 Å². The van der Waals surface area contributed by atoms with Gasteiger partial charge in [0.05, 0.1) is 0 Å². The summed E-state index contributed by atoms with van der Waals surface area (Å²) in [6, 6.07) is 0. The molecule has 2 aliphatic heterocycles. The normalized spacial score (nSPS) is 22.4. The molecule has 16 heteroatoms. The Hall–Kier alpha value is -2.10. The number of carbonyl (C=O) groups is 2. The number of ether oxygens (including phenoxy) is 6. The van der Waals surface area contributed by atoms with Gasteiger partial charge in [-0.05, 0) is 0 Å². The lowest BCUT2D eigenvalue weighted by Gasteiger charge is -2.16. The Labute approximate surface area is 150 Å². The predicted octanol–water partition coefficient (Wildman–Crippen LogP) is 2.79.